The van der Waals surface area contributed by atoms with Crippen LogP contribution in [0.2, 0.25) is 0 Å². The van der Waals surface area contributed by atoms with Crippen molar-refractivity contribution in [2.45, 2.75) is 51.6 Å². The first-order chi connectivity index (χ1) is 10.2. The molecule has 1 heterocycles. The van der Waals surface area contributed by atoms with Gasteiger partial charge in [-0.25, -0.2) is 4.98 Å². The van der Waals surface area contributed by atoms with Gasteiger partial charge in [0.2, 0.25) is 0 Å². The van der Waals surface area contributed by atoms with E-state index in [0.29, 0.717) is 0 Å². The van der Waals surface area contributed by atoms with Gasteiger partial charge in [-0.3, -0.25) is 4.90 Å². The van der Waals surface area contributed by atoms with Gasteiger partial charge in [0.1, 0.15) is 5.01 Å². The standard InChI is InChI=1S/C18H24N2S/c1-14-8-6-7-11-17(14)18-19-15(13-21-18)12-20(2)16-9-4-3-5-10-16/h6-8,11,13,16H,3-5,9-10,12H2,1-2H3. The van der Waals surface area contributed by atoms with Gasteiger partial charge in [-0.05, 0) is 32.4 Å². The Morgan fingerprint density at radius 3 is 2.71 bits per heavy atom. The molecule has 1 aromatic heterocycles. The monoisotopic (exact) mass is 300 g/mol. The van der Waals surface area contributed by atoms with E-state index in [1.54, 1.807) is 11.3 Å². The molecule has 0 unspecified atom stereocenters. The Morgan fingerprint density at radius 1 is 1.19 bits per heavy atom. The van der Waals surface area contributed by atoms with Crippen molar-refractivity contribution in [3.8, 4) is 10.6 Å². The minimum atomic E-state index is 0.752. The van der Waals surface area contributed by atoms with Gasteiger partial charge in [0.15, 0.2) is 0 Å². The van der Waals surface area contributed by atoms with Crippen LogP contribution in [0.4, 0.5) is 0 Å². The average molecular weight is 300 g/mol. The van der Waals surface area contributed by atoms with Crippen molar-refractivity contribution in [3.63, 3.8) is 0 Å². The molecule has 1 fully saturated rings. The second-order valence-corrected chi connectivity index (χ2v) is 7.02. The topological polar surface area (TPSA) is 16.1 Å². The fraction of sp³-hybridized carbons (Fsp3) is 0.500. The van der Waals surface area contributed by atoms with Gasteiger partial charge in [-0.15, -0.1) is 11.3 Å². The number of aryl methyl sites for hydroxylation is 1. The average Bonchev–Trinajstić information content (AvgIpc) is 2.97. The van der Waals surface area contributed by atoms with Crippen LogP contribution in [-0.2, 0) is 6.54 Å². The van der Waals surface area contributed by atoms with Crippen LogP contribution in [0.3, 0.4) is 0 Å². The van der Waals surface area contributed by atoms with E-state index in [1.165, 1.54) is 48.9 Å². The highest BCUT2D eigenvalue weighted by Crippen LogP contribution is 2.28. The molecule has 3 rings (SSSR count). The Hall–Kier alpha value is -1.19. The highest BCUT2D eigenvalue weighted by Gasteiger charge is 2.19. The molecule has 1 saturated carbocycles. The van der Waals surface area contributed by atoms with Crippen molar-refractivity contribution in [2.24, 2.45) is 0 Å². The highest BCUT2D eigenvalue weighted by atomic mass is 32.1. The van der Waals surface area contributed by atoms with Crippen LogP contribution in [0.5, 0.6) is 0 Å². The fourth-order valence-electron chi connectivity index (χ4n) is 3.22. The summed E-state index contributed by atoms with van der Waals surface area (Å²) in [5, 5.41) is 3.38. The molecule has 1 aliphatic carbocycles. The third kappa shape index (κ3) is 3.53. The van der Waals surface area contributed by atoms with Crippen molar-refractivity contribution in [2.75, 3.05) is 7.05 Å². The van der Waals surface area contributed by atoms with Crippen molar-refractivity contribution in [1.82, 2.24) is 9.88 Å². The number of rotatable bonds is 4. The Morgan fingerprint density at radius 2 is 1.95 bits per heavy atom. The molecule has 0 bridgehead atoms. The second kappa shape index (κ2) is 6.71. The molecule has 3 heteroatoms. The predicted molar refractivity (Wildman–Crippen MR) is 90.6 cm³/mol. The van der Waals surface area contributed by atoms with Gasteiger partial charge in [0.05, 0.1) is 5.69 Å². The van der Waals surface area contributed by atoms with Gasteiger partial charge in [-0.2, -0.15) is 0 Å². The maximum absolute atomic E-state index is 4.85. The number of thiazole rings is 1. The zero-order chi connectivity index (χ0) is 14.7. The van der Waals surface area contributed by atoms with Crippen LogP contribution < -0.4 is 0 Å². The molecule has 2 nitrogen and oxygen atoms in total. The van der Waals surface area contributed by atoms with Crippen molar-refractivity contribution in [1.29, 1.82) is 0 Å². The summed E-state index contributed by atoms with van der Waals surface area (Å²) in [6, 6.07) is 9.26. The fourth-order valence-corrected chi connectivity index (χ4v) is 4.12. The zero-order valence-corrected chi connectivity index (χ0v) is 13.8. The lowest BCUT2D eigenvalue weighted by atomic mass is 9.94. The van der Waals surface area contributed by atoms with Gasteiger partial charge in [0, 0.05) is 23.5 Å². The molecule has 2 aromatic rings. The van der Waals surface area contributed by atoms with E-state index in [-0.39, 0.29) is 0 Å². The molecular formula is C18H24N2S. The zero-order valence-electron chi connectivity index (χ0n) is 13.0. The minimum Gasteiger partial charge on any atom is -0.298 e. The SMILES string of the molecule is Cc1ccccc1-c1nc(CN(C)C2CCCCC2)cs1. The van der Waals surface area contributed by atoms with Gasteiger partial charge in [-0.1, -0.05) is 43.5 Å². The quantitative estimate of drug-likeness (QED) is 0.799. The lowest BCUT2D eigenvalue weighted by molar-refractivity contribution is 0.183. The van der Waals surface area contributed by atoms with Crippen molar-refractivity contribution < 1.29 is 0 Å². The van der Waals surface area contributed by atoms with E-state index in [2.05, 4.69) is 48.5 Å². The number of hydrogen-bond donors (Lipinski definition) is 0. The summed E-state index contributed by atoms with van der Waals surface area (Å²) in [6.07, 6.45) is 6.90. The lowest BCUT2D eigenvalue weighted by Crippen LogP contribution is -2.32. The molecule has 21 heavy (non-hydrogen) atoms. The Labute approximate surface area is 131 Å². The number of nitrogens with zero attached hydrogens (tertiary/aromatic N) is 2. The highest BCUT2D eigenvalue weighted by molar-refractivity contribution is 7.13. The molecule has 1 aliphatic rings. The molecule has 0 radical (unpaired) electrons. The molecular weight excluding hydrogens is 276 g/mol. The normalized spacial score (nSPS) is 16.5. The molecule has 112 valence electrons. The van der Waals surface area contributed by atoms with E-state index < -0.39 is 0 Å². The number of aromatic nitrogens is 1. The minimum absolute atomic E-state index is 0.752. The molecule has 0 N–H and O–H groups in total. The summed E-state index contributed by atoms with van der Waals surface area (Å²) in [5.74, 6) is 0. The molecule has 0 amide bonds. The summed E-state index contributed by atoms with van der Waals surface area (Å²) in [5.41, 5.74) is 3.79. The van der Waals surface area contributed by atoms with E-state index in [0.717, 1.165) is 17.6 Å². The van der Waals surface area contributed by atoms with Crippen LogP contribution in [-0.4, -0.2) is 23.0 Å². The third-order valence-corrected chi connectivity index (χ3v) is 5.46. The van der Waals surface area contributed by atoms with Crippen molar-refractivity contribution in [3.05, 3.63) is 40.9 Å². The summed E-state index contributed by atoms with van der Waals surface area (Å²) < 4.78 is 0. The Kier molecular flexibility index (Phi) is 4.71. The van der Waals surface area contributed by atoms with Gasteiger partial charge in [0.25, 0.3) is 0 Å². The second-order valence-electron chi connectivity index (χ2n) is 6.17. The molecule has 0 spiro atoms. The number of hydrogen-bond acceptors (Lipinski definition) is 3. The third-order valence-electron chi connectivity index (χ3n) is 4.54. The summed E-state index contributed by atoms with van der Waals surface area (Å²) >= 11 is 1.77. The lowest BCUT2D eigenvalue weighted by Gasteiger charge is -2.30. The van der Waals surface area contributed by atoms with E-state index >= 15 is 0 Å². The Bertz CT molecular complexity index is 584. The number of benzene rings is 1. The molecule has 0 aliphatic heterocycles. The van der Waals surface area contributed by atoms with Crippen LogP contribution in [0.15, 0.2) is 29.6 Å². The predicted octanol–water partition coefficient (Wildman–Crippen LogP) is 4.88. The van der Waals surface area contributed by atoms with E-state index in [1.807, 2.05) is 0 Å². The van der Waals surface area contributed by atoms with Gasteiger partial charge < -0.3 is 0 Å². The summed E-state index contributed by atoms with van der Waals surface area (Å²) in [7, 11) is 2.25. The van der Waals surface area contributed by atoms with E-state index in [9.17, 15) is 0 Å². The van der Waals surface area contributed by atoms with Crippen molar-refractivity contribution >= 4 is 11.3 Å². The smallest absolute Gasteiger partial charge is 0.123 e. The summed E-state index contributed by atoms with van der Waals surface area (Å²) in [4.78, 5) is 7.35. The van der Waals surface area contributed by atoms with Crippen LogP contribution in [0.25, 0.3) is 10.6 Å². The van der Waals surface area contributed by atoms with Crippen LogP contribution >= 0.6 is 11.3 Å². The molecule has 0 atom stereocenters. The van der Waals surface area contributed by atoms with E-state index in [4.69, 9.17) is 4.98 Å². The van der Waals surface area contributed by atoms with Crippen LogP contribution in [0, 0.1) is 6.92 Å². The first-order valence-electron chi connectivity index (χ1n) is 7.94. The molecule has 1 aromatic carbocycles. The van der Waals surface area contributed by atoms with Gasteiger partial charge >= 0.3 is 0 Å². The summed E-state index contributed by atoms with van der Waals surface area (Å²) in [6.45, 7) is 3.14. The largest absolute Gasteiger partial charge is 0.298 e. The maximum atomic E-state index is 4.85. The first-order valence-corrected chi connectivity index (χ1v) is 8.82. The molecule has 0 saturated heterocycles. The first kappa shape index (κ1) is 14.7. The Balaban J connectivity index is 1.69. The van der Waals surface area contributed by atoms with Crippen LogP contribution in [0.1, 0.15) is 43.4 Å². The maximum Gasteiger partial charge on any atom is 0.123 e.